The number of hydrogen-bond donors (Lipinski definition) is 4. The van der Waals surface area contributed by atoms with E-state index in [9.17, 15) is 4.79 Å². The summed E-state index contributed by atoms with van der Waals surface area (Å²) in [6.45, 7) is 9.42. The van der Waals surface area contributed by atoms with Gasteiger partial charge in [-0.1, -0.05) is 0 Å². The molecule has 44 heavy (non-hydrogen) atoms. The number of aromatic amines is 1. The summed E-state index contributed by atoms with van der Waals surface area (Å²) in [5.41, 5.74) is 9.93. The molecule has 1 atom stereocenters. The van der Waals surface area contributed by atoms with Crippen LogP contribution in [0, 0.1) is 6.92 Å². The molecular formula is C32H44N10O2. The van der Waals surface area contributed by atoms with Crippen LogP contribution in [-0.4, -0.2) is 106 Å². The van der Waals surface area contributed by atoms with Crippen LogP contribution in [0.5, 0.6) is 0 Å². The molecule has 1 unspecified atom stereocenters. The van der Waals surface area contributed by atoms with Crippen molar-refractivity contribution < 1.29 is 9.53 Å². The van der Waals surface area contributed by atoms with E-state index in [2.05, 4.69) is 54.7 Å². The van der Waals surface area contributed by atoms with E-state index >= 15 is 0 Å². The van der Waals surface area contributed by atoms with E-state index in [1.807, 2.05) is 25.1 Å². The highest BCUT2D eigenvalue weighted by molar-refractivity contribution is 5.97. The molecule has 3 aliphatic heterocycles. The second kappa shape index (κ2) is 12.0. The Bertz CT molecular complexity index is 1470. The van der Waals surface area contributed by atoms with Crippen molar-refractivity contribution >= 4 is 28.9 Å². The number of amides is 1. The van der Waals surface area contributed by atoms with Crippen LogP contribution >= 0.6 is 0 Å². The second-order valence-electron chi connectivity index (χ2n) is 13.0. The fourth-order valence-corrected chi connectivity index (χ4v) is 6.91. The maximum atomic E-state index is 12.6. The van der Waals surface area contributed by atoms with Crippen molar-refractivity contribution in [1.29, 1.82) is 0 Å². The molecular weight excluding hydrogens is 556 g/mol. The fourth-order valence-electron chi connectivity index (χ4n) is 6.91. The first kappa shape index (κ1) is 29.0. The summed E-state index contributed by atoms with van der Waals surface area (Å²) >= 11 is 0. The molecule has 1 amide bonds. The fraction of sp³-hybridized carbons (Fsp3) is 0.562. The van der Waals surface area contributed by atoms with E-state index in [-0.39, 0.29) is 17.3 Å². The number of benzene rings is 1. The zero-order valence-corrected chi connectivity index (χ0v) is 25.8. The molecule has 0 radical (unpaired) electrons. The predicted molar refractivity (Wildman–Crippen MR) is 171 cm³/mol. The van der Waals surface area contributed by atoms with Gasteiger partial charge >= 0.3 is 0 Å². The molecule has 7 rings (SSSR count). The topological polar surface area (TPSA) is 141 Å². The summed E-state index contributed by atoms with van der Waals surface area (Å²) in [5.74, 6) is 0.249. The third-order valence-electron chi connectivity index (χ3n) is 9.73. The van der Waals surface area contributed by atoms with Crippen molar-refractivity contribution in [3.05, 3.63) is 41.7 Å². The molecule has 12 nitrogen and oxygen atoms in total. The van der Waals surface area contributed by atoms with Gasteiger partial charge in [-0.15, -0.1) is 0 Å². The highest BCUT2D eigenvalue weighted by Gasteiger charge is 2.48. The number of rotatable bonds is 8. The molecule has 4 fully saturated rings. The van der Waals surface area contributed by atoms with Gasteiger partial charge in [-0.05, 0) is 82.8 Å². The SMILES string of the molecule is Cc1cc(-c2nc(C(N)=O)c(Nc3ccc(N4CCC(N5CCN(C)CC5)CC4)cc3)nc2NC2CCOC3(CC3)C2)n[nH]1. The number of H-pyrrole nitrogens is 1. The Kier molecular flexibility index (Phi) is 7.90. The lowest BCUT2D eigenvalue weighted by Gasteiger charge is -2.42. The van der Waals surface area contributed by atoms with E-state index < -0.39 is 5.91 Å². The number of carbonyl (C=O) groups excluding carboxylic acids is 1. The van der Waals surface area contributed by atoms with E-state index in [0.29, 0.717) is 35.7 Å². The summed E-state index contributed by atoms with van der Waals surface area (Å²) in [6.07, 6.45) is 6.36. The van der Waals surface area contributed by atoms with Gasteiger partial charge in [-0.3, -0.25) is 14.8 Å². The molecule has 2 aromatic heterocycles. The van der Waals surface area contributed by atoms with Gasteiger partial charge in [0.1, 0.15) is 11.4 Å². The van der Waals surface area contributed by atoms with E-state index in [1.54, 1.807) is 0 Å². The van der Waals surface area contributed by atoms with Gasteiger partial charge in [0.2, 0.25) is 0 Å². The lowest BCUT2D eigenvalue weighted by Crippen LogP contribution is -2.52. The molecule has 3 saturated heterocycles. The van der Waals surface area contributed by atoms with Gasteiger partial charge in [0.25, 0.3) is 5.91 Å². The zero-order valence-electron chi connectivity index (χ0n) is 25.8. The first-order valence-electron chi connectivity index (χ1n) is 16.0. The number of piperidine rings is 1. The number of primary amides is 1. The van der Waals surface area contributed by atoms with E-state index in [0.717, 1.165) is 63.2 Å². The third-order valence-corrected chi connectivity index (χ3v) is 9.73. The van der Waals surface area contributed by atoms with Gasteiger partial charge < -0.3 is 30.9 Å². The number of anilines is 4. The van der Waals surface area contributed by atoms with Gasteiger partial charge in [0, 0.05) is 75.0 Å². The molecule has 1 aliphatic carbocycles. The van der Waals surface area contributed by atoms with Crippen LogP contribution in [0.1, 0.15) is 54.7 Å². The number of nitrogens with one attached hydrogen (secondary N) is 3. The number of aromatic nitrogens is 4. The molecule has 234 valence electrons. The highest BCUT2D eigenvalue weighted by Crippen LogP contribution is 2.47. The second-order valence-corrected chi connectivity index (χ2v) is 13.0. The first-order valence-corrected chi connectivity index (χ1v) is 16.0. The Morgan fingerprint density at radius 2 is 1.77 bits per heavy atom. The Labute approximate surface area is 258 Å². The summed E-state index contributed by atoms with van der Waals surface area (Å²) in [6, 6.07) is 11.1. The quantitative estimate of drug-likeness (QED) is 0.304. The maximum absolute atomic E-state index is 12.6. The number of ether oxygens (including phenoxy) is 1. The zero-order chi connectivity index (χ0) is 30.3. The Balaban J connectivity index is 1.08. The molecule has 1 aromatic carbocycles. The lowest BCUT2D eigenvalue weighted by molar-refractivity contribution is -0.00884. The molecule has 1 saturated carbocycles. The molecule has 4 aliphatic rings. The number of hydrogen-bond acceptors (Lipinski definition) is 10. The summed E-state index contributed by atoms with van der Waals surface area (Å²) in [7, 11) is 2.21. The van der Waals surface area contributed by atoms with Crippen molar-refractivity contribution in [3.63, 3.8) is 0 Å². The normalized spacial score (nSPS) is 22.7. The number of likely N-dealkylation sites (N-methyl/N-ethyl adjacent to an activating group) is 1. The lowest BCUT2D eigenvalue weighted by atomic mass is 10.0. The number of carbonyl (C=O) groups is 1. The number of piperazine rings is 1. The van der Waals surface area contributed by atoms with Crippen LogP contribution in [0.15, 0.2) is 30.3 Å². The van der Waals surface area contributed by atoms with Gasteiger partial charge in [-0.2, -0.15) is 5.10 Å². The maximum Gasteiger partial charge on any atom is 0.271 e. The van der Waals surface area contributed by atoms with Gasteiger partial charge in [-0.25, -0.2) is 9.97 Å². The van der Waals surface area contributed by atoms with Crippen molar-refractivity contribution in [1.82, 2.24) is 30.0 Å². The van der Waals surface area contributed by atoms with Gasteiger partial charge in [0.15, 0.2) is 17.3 Å². The van der Waals surface area contributed by atoms with Crippen molar-refractivity contribution in [2.24, 2.45) is 5.73 Å². The molecule has 1 spiro atoms. The Morgan fingerprint density at radius 1 is 1.02 bits per heavy atom. The summed E-state index contributed by atoms with van der Waals surface area (Å²) in [5, 5.41) is 14.3. The molecule has 5 heterocycles. The molecule has 3 aromatic rings. The van der Waals surface area contributed by atoms with Crippen LogP contribution in [0.4, 0.5) is 23.0 Å². The Hall–Kier alpha value is -3.74. The number of nitrogens with two attached hydrogens (primary N) is 1. The average Bonchev–Trinajstić information content (AvgIpc) is 3.62. The van der Waals surface area contributed by atoms with Crippen molar-refractivity contribution in [2.75, 3.05) is 68.5 Å². The molecule has 5 N–H and O–H groups in total. The predicted octanol–water partition coefficient (Wildman–Crippen LogP) is 3.36. The van der Waals surface area contributed by atoms with E-state index in [1.165, 1.54) is 31.6 Å². The minimum absolute atomic E-state index is 0.00225. The average molecular weight is 601 g/mol. The number of aryl methyl sites for hydroxylation is 1. The highest BCUT2D eigenvalue weighted by atomic mass is 16.5. The first-order chi connectivity index (χ1) is 21.3. The van der Waals surface area contributed by atoms with Gasteiger partial charge in [0.05, 0.1) is 5.60 Å². The van der Waals surface area contributed by atoms with Crippen LogP contribution < -0.4 is 21.3 Å². The minimum atomic E-state index is -0.650. The van der Waals surface area contributed by atoms with Crippen LogP contribution in [0.3, 0.4) is 0 Å². The van der Waals surface area contributed by atoms with Crippen molar-refractivity contribution in [3.8, 4) is 11.4 Å². The third kappa shape index (κ3) is 6.24. The number of nitrogens with zero attached hydrogens (tertiary/aromatic N) is 6. The molecule has 0 bridgehead atoms. The smallest absolute Gasteiger partial charge is 0.271 e. The van der Waals surface area contributed by atoms with Crippen molar-refractivity contribution in [2.45, 2.75) is 63.1 Å². The Morgan fingerprint density at radius 3 is 2.43 bits per heavy atom. The minimum Gasteiger partial charge on any atom is -0.375 e. The van der Waals surface area contributed by atoms with E-state index in [4.69, 9.17) is 20.4 Å². The monoisotopic (exact) mass is 600 g/mol. The van der Waals surface area contributed by atoms with Crippen LogP contribution in [-0.2, 0) is 4.74 Å². The largest absolute Gasteiger partial charge is 0.375 e. The van der Waals surface area contributed by atoms with Crippen LogP contribution in [0.2, 0.25) is 0 Å². The van der Waals surface area contributed by atoms with Crippen LogP contribution in [0.25, 0.3) is 11.4 Å². The standard InChI is InChI=1S/C32H44N10O2/c1-21-19-26(39-38-21)27-30(35-23-9-18-44-32(20-23)10-11-32)37-31(28(36-27)29(33)43)34-22-3-5-24(6-4-22)41-12-7-25(8-13-41)42-16-14-40(2)15-17-42/h3-6,19,23,25H,7-18,20H2,1-2H3,(H2,33,43)(H,38,39)(H2,34,35,37). The summed E-state index contributed by atoms with van der Waals surface area (Å²) < 4.78 is 6.03. The molecule has 12 heteroatoms. The summed E-state index contributed by atoms with van der Waals surface area (Å²) in [4.78, 5) is 29.8.